The molecule has 27 heavy (non-hydrogen) atoms. The molecule has 0 spiro atoms. The summed E-state index contributed by atoms with van der Waals surface area (Å²) in [5.74, 6) is -1.81. The van der Waals surface area contributed by atoms with Gasteiger partial charge in [-0.3, -0.25) is 9.59 Å². The summed E-state index contributed by atoms with van der Waals surface area (Å²) in [6.07, 6.45) is 0. The summed E-state index contributed by atoms with van der Waals surface area (Å²) in [7, 11) is 3.82. The number of aliphatic hydroxyl groups excluding tert-OH is 1. The van der Waals surface area contributed by atoms with Gasteiger partial charge in [0.2, 0.25) is 0 Å². The third kappa shape index (κ3) is 3.27. The largest absolute Gasteiger partial charge is 0.507 e. The quantitative estimate of drug-likeness (QED) is 0.392. The van der Waals surface area contributed by atoms with Crippen molar-refractivity contribution in [3.05, 3.63) is 71.3 Å². The van der Waals surface area contributed by atoms with Crippen molar-refractivity contribution in [2.24, 2.45) is 0 Å². The lowest BCUT2D eigenvalue weighted by Crippen LogP contribution is -2.30. The minimum Gasteiger partial charge on any atom is -0.507 e. The van der Waals surface area contributed by atoms with Gasteiger partial charge in [0.15, 0.2) is 0 Å². The molecule has 0 radical (unpaired) electrons. The van der Waals surface area contributed by atoms with Crippen molar-refractivity contribution < 1.29 is 14.7 Å². The molecule has 0 saturated carbocycles. The molecule has 0 bridgehead atoms. The zero-order chi connectivity index (χ0) is 19.6. The fourth-order valence-electron chi connectivity index (χ4n) is 3.17. The topological polar surface area (TPSA) is 84.6 Å². The predicted molar refractivity (Wildman–Crippen MR) is 102 cm³/mol. The van der Waals surface area contributed by atoms with Crippen molar-refractivity contribution in [2.45, 2.75) is 6.04 Å². The second-order valence-corrected chi connectivity index (χ2v) is 6.44. The first-order chi connectivity index (χ1) is 13.0. The van der Waals surface area contributed by atoms with E-state index < -0.39 is 17.7 Å². The molecule has 2 aromatic rings. The first-order valence-corrected chi connectivity index (χ1v) is 8.43. The Bertz CT molecular complexity index is 941. The van der Waals surface area contributed by atoms with Crippen LogP contribution in [0.4, 0.5) is 5.69 Å². The molecule has 1 aliphatic heterocycles. The van der Waals surface area contributed by atoms with E-state index in [1.54, 1.807) is 42.5 Å². The second kappa shape index (κ2) is 7.34. The number of ketones is 1. The van der Waals surface area contributed by atoms with Crippen molar-refractivity contribution in [3.8, 4) is 6.07 Å². The smallest absolute Gasteiger partial charge is 0.296 e. The third-order valence-electron chi connectivity index (χ3n) is 4.55. The van der Waals surface area contributed by atoms with Gasteiger partial charge in [-0.25, -0.2) is 0 Å². The molecule has 1 amide bonds. The molecule has 0 aromatic heterocycles. The normalized spacial score (nSPS) is 18.4. The monoisotopic (exact) mass is 361 g/mol. The third-order valence-corrected chi connectivity index (χ3v) is 4.55. The number of hydrogen-bond donors (Lipinski definition) is 1. The molecule has 1 aliphatic rings. The van der Waals surface area contributed by atoms with Crippen LogP contribution in [0.2, 0.25) is 0 Å². The first-order valence-electron chi connectivity index (χ1n) is 8.43. The van der Waals surface area contributed by atoms with E-state index in [0.29, 0.717) is 11.1 Å². The van der Waals surface area contributed by atoms with Crippen molar-refractivity contribution >= 4 is 23.1 Å². The summed E-state index contributed by atoms with van der Waals surface area (Å²) in [6, 6.07) is 17.1. The highest BCUT2D eigenvalue weighted by molar-refractivity contribution is 6.46. The Morgan fingerprint density at radius 1 is 1.11 bits per heavy atom. The fourth-order valence-corrected chi connectivity index (χ4v) is 3.17. The van der Waals surface area contributed by atoms with Crippen LogP contribution in [0.15, 0.2) is 60.2 Å². The number of carbonyl (C=O) groups is 2. The molecule has 1 fully saturated rings. The molecule has 1 heterocycles. The molecule has 1 saturated heterocycles. The Hall–Kier alpha value is -3.59. The molecule has 1 N–H and O–H groups in total. The highest BCUT2D eigenvalue weighted by Crippen LogP contribution is 2.39. The van der Waals surface area contributed by atoms with Crippen molar-refractivity contribution in [2.75, 3.05) is 25.5 Å². The van der Waals surface area contributed by atoms with Crippen molar-refractivity contribution in [1.82, 2.24) is 4.90 Å². The number of nitrogens with zero attached hydrogens (tertiary/aromatic N) is 3. The molecule has 0 aliphatic carbocycles. The van der Waals surface area contributed by atoms with Gasteiger partial charge in [-0.15, -0.1) is 0 Å². The zero-order valence-corrected chi connectivity index (χ0v) is 15.1. The van der Waals surface area contributed by atoms with Gasteiger partial charge < -0.3 is 14.9 Å². The Morgan fingerprint density at radius 2 is 1.74 bits per heavy atom. The summed E-state index contributed by atoms with van der Waals surface area (Å²) < 4.78 is 0. The van der Waals surface area contributed by atoms with Crippen LogP contribution in [0.1, 0.15) is 17.2 Å². The summed E-state index contributed by atoms with van der Waals surface area (Å²) in [6.45, 7) is -0.240. The van der Waals surface area contributed by atoms with Crippen molar-refractivity contribution in [3.63, 3.8) is 0 Å². The van der Waals surface area contributed by atoms with Gasteiger partial charge in [0.1, 0.15) is 12.3 Å². The van der Waals surface area contributed by atoms with Gasteiger partial charge in [-0.2, -0.15) is 5.26 Å². The van der Waals surface area contributed by atoms with E-state index in [9.17, 15) is 14.7 Å². The number of nitriles is 1. The van der Waals surface area contributed by atoms with E-state index in [-0.39, 0.29) is 17.9 Å². The van der Waals surface area contributed by atoms with E-state index in [1.807, 2.05) is 37.2 Å². The van der Waals surface area contributed by atoms with Crippen LogP contribution >= 0.6 is 0 Å². The Balaban J connectivity index is 2.16. The summed E-state index contributed by atoms with van der Waals surface area (Å²) in [5.41, 5.74) is 2.06. The van der Waals surface area contributed by atoms with Crippen LogP contribution < -0.4 is 4.90 Å². The maximum Gasteiger partial charge on any atom is 0.296 e. The molecule has 2 aromatic carbocycles. The lowest BCUT2D eigenvalue weighted by Gasteiger charge is -2.23. The van der Waals surface area contributed by atoms with Gasteiger partial charge in [0, 0.05) is 25.3 Å². The summed E-state index contributed by atoms with van der Waals surface area (Å²) in [4.78, 5) is 28.2. The standard InChI is InChI=1S/C21H19N3O3/c1-23(2)16-10-8-14(9-11-16)18-17(19(25)15-6-4-3-5-7-15)20(26)21(27)24(18)13-12-22/h3-11,18,25H,13H2,1-2H3/b19-17+. The molecule has 1 atom stereocenters. The lowest BCUT2D eigenvalue weighted by molar-refractivity contribution is -0.139. The zero-order valence-electron chi connectivity index (χ0n) is 15.1. The van der Waals surface area contributed by atoms with Crippen LogP contribution in [0, 0.1) is 11.3 Å². The maximum absolute atomic E-state index is 12.6. The summed E-state index contributed by atoms with van der Waals surface area (Å²) in [5, 5.41) is 19.9. The van der Waals surface area contributed by atoms with Gasteiger partial charge >= 0.3 is 0 Å². The molecule has 136 valence electrons. The fraction of sp³-hybridized carbons (Fsp3) is 0.190. The van der Waals surface area contributed by atoms with Gasteiger partial charge in [-0.1, -0.05) is 42.5 Å². The minimum absolute atomic E-state index is 0.000877. The molecular weight excluding hydrogens is 342 g/mol. The number of Topliss-reactive ketones (excluding diaryl/α,β-unsaturated/α-hetero) is 1. The molecule has 6 nitrogen and oxygen atoms in total. The Kier molecular flexibility index (Phi) is 4.95. The number of amides is 1. The number of benzene rings is 2. The van der Waals surface area contributed by atoms with Gasteiger partial charge in [0.05, 0.1) is 17.7 Å². The number of hydrogen-bond acceptors (Lipinski definition) is 5. The van der Waals surface area contributed by atoms with E-state index in [1.165, 1.54) is 4.90 Å². The highest BCUT2D eigenvalue weighted by atomic mass is 16.3. The van der Waals surface area contributed by atoms with E-state index in [0.717, 1.165) is 5.69 Å². The number of likely N-dealkylation sites (tertiary alicyclic amines) is 1. The van der Waals surface area contributed by atoms with Crippen molar-refractivity contribution in [1.29, 1.82) is 5.26 Å². The van der Waals surface area contributed by atoms with Gasteiger partial charge in [-0.05, 0) is 17.7 Å². The molecule has 3 rings (SSSR count). The minimum atomic E-state index is -0.805. The number of aliphatic hydroxyl groups is 1. The average molecular weight is 361 g/mol. The SMILES string of the molecule is CN(C)c1ccc(C2/C(=C(\O)c3ccccc3)C(=O)C(=O)N2CC#N)cc1. The van der Waals surface area contributed by atoms with E-state index in [4.69, 9.17) is 5.26 Å². The first kappa shape index (κ1) is 18.2. The Labute approximate surface area is 157 Å². The lowest BCUT2D eigenvalue weighted by atomic mass is 9.95. The highest BCUT2D eigenvalue weighted by Gasteiger charge is 2.45. The molecular formula is C21H19N3O3. The van der Waals surface area contributed by atoms with E-state index >= 15 is 0 Å². The number of anilines is 1. The Morgan fingerprint density at radius 3 is 2.30 bits per heavy atom. The van der Waals surface area contributed by atoms with E-state index in [2.05, 4.69) is 0 Å². The average Bonchev–Trinajstić information content (AvgIpc) is 2.93. The van der Waals surface area contributed by atoms with Crippen LogP contribution in [0.3, 0.4) is 0 Å². The predicted octanol–water partition coefficient (Wildman–Crippen LogP) is 2.70. The van der Waals surface area contributed by atoms with Crippen LogP contribution in [-0.2, 0) is 9.59 Å². The second-order valence-electron chi connectivity index (χ2n) is 6.44. The molecule has 1 unspecified atom stereocenters. The number of rotatable bonds is 4. The summed E-state index contributed by atoms with van der Waals surface area (Å²) >= 11 is 0. The molecule has 6 heteroatoms. The number of carbonyl (C=O) groups excluding carboxylic acids is 2. The van der Waals surface area contributed by atoms with Crippen LogP contribution in [0.5, 0.6) is 0 Å². The van der Waals surface area contributed by atoms with Gasteiger partial charge in [0.25, 0.3) is 11.7 Å². The van der Waals surface area contributed by atoms with Crippen LogP contribution in [0.25, 0.3) is 5.76 Å². The van der Waals surface area contributed by atoms with Crippen LogP contribution in [-0.4, -0.2) is 42.3 Å². The maximum atomic E-state index is 12.6.